The van der Waals surface area contributed by atoms with Crippen molar-refractivity contribution in [3.05, 3.63) is 40.2 Å². The minimum absolute atomic E-state index is 0.0379. The zero-order valence-electron chi connectivity index (χ0n) is 12.9. The van der Waals surface area contributed by atoms with Crippen molar-refractivity contribution in [3.8, 4) is 0 Å². The van der Waals surface area contributed by atoms with Crippen molar-refractivity contribution in [1.82, 2.24) is 10.2 Å². The van der Waals surface area contributed by atoms with E-state index in [0.29, 0.717) is 11.9 Å². The molecule has 1 saturated carbocycles. The second-order valence-corrected chi connectivity index (χ2v) is 7.39. The number of hydrogen-bond acceptors (Lipinski definition) is 5. The van der Waals surface area contributed by atoms with Crippen molar-refractivity contribution in [2.24, 2.45) is 0 Å². The summed E-state index contributed by atoms with van der Waals surface area (Å²) in [4.78, 5) is 0. The van der Waals surface area contributed by atoms with Crippen molar-refractivity contribution in [1.29, 1.82) is 0 Å². The van der Waals surface area contributed by atoms with Gasteiger partial charge in [0, 0.05) is 35.6 Å². The van der Waals surface area contributed by atoms with Gasteiger partial charge in [-0.15, -0.1) is 5.10 Å². The largest absolute Gasteiger partial charge is 0.408 e. The fourth-order valence-corrected chi connectivity index (χ4v) is 3.59. The number of nitrogens with one attached hydrogen (secondary N) is 1. The minimum Gasteiger partial charge on any atom is -0.408 e. The smallest absolute Gasteiger partial charge is 0.315 e. The Kier molecular flexibility index (Phi) is 4.11. The molecule has 1 aromatic heterocycles. The highest BCUT2D eigenvalue weighted by molar-refractivity contribution is 9.10. The van der Waals surface area contributed by atoms with Crippen LogP contribution in [0.2, 0.25) is 0 Å². The molecule has 23 heavy (non-hydrogen) atoms. The van der Waals surface area contributed by atoms with E-state index in [1.807, 2.05) is 0 Å². The van der Waals surface area contributed by atoms with E-state index in [0.717, 1.165) is 43.0 Å². The van der Waals surface area contributed by atoms with Crippen LogP contribution in [0.4, 0.5) is 6.01 Å². The quantitative estimate of drug-likeness (QED) is 0.856. The molecule has 122 valence electrons. The number of hydrogen-bond donors (Lipinski definition) is 1. The van der Waals surface area contributed by atoms with Gasteiger partial charge < -0.3 is 14.5 Å². The third kappa shape index (κ3) is 3.28. The molecular weight excluding hydrogens is 358 g/mol. The highest BCUT2D eigenvalue weighted by Gasteiger charge is 2.35. The molecule has 5 nitrogen and oxygen atoms in total. The van der Waals surface area contributed by atoms with E-state index in [9.17, 15) is 0 Å². The highest BCUT2D eigenvalue weighted by Crippen LogP contribution is 2.40. The molecule has 0 atom stereocenters. The number of halogens is 1. The maximum absolute atomic E-state index is 5.73. The molecule has 1 aliphatic carbocycles. The van der Waals surface area contributed by atoms with Crippen LogP contribution in [0.3, 0.4) is 0 Å². The predicted molar refractivity (Wildman–Crippen MR) is 90.6 cm³/mol. The Morgan fingerprint density at radius 1 is 1.22 bits per heavy atom. The molecule has 1 saturated heterocycles. The number of aromatic nitrogens is 2. The number of nitrogens with zero attached hydrogens (tertiary/aromatic N) is 2. The summed E-state index contributed by atoms with van der Waals surface area (Å²) >= 11 is 3.58. The van der Waals surface area contributed by atoms with Crippen LogP contribution in [0.25, 0.3) is 0 Å². The van der Waals surface area contributed by atoms with Crippen LogP contribution in [-0.2, 0) is 10.2 Å². The summed E-state index contributed by atoms with van der Waals surface area (Å²) in [5.74, 6) is 1.26. The van der Waals surface area contributed by atoms with Gasteiger partial charge in [0.05, 0.1) is 0 Å². The van der Waals surface area contributed by atoms with Crippen molar-refractivity contribution < 1.29 is 9.15 Å². The summed E-state index contributed by atoms with van der Waals surface area (Å²) < 4.78 is 12.4. The monoisotopic (exact) mass is 377 g/mol. The summed E-state index contributed by atoms with van der Waals surface area (Å²) in [5, 5.41) is 11.6. The first-order valence-electron chi connectivity index (χ1n) is 8.16. The summed E-state index contributed by atoms with van der Waals surface area (Å²) in [5.41, 5.74) is 1.36. The van der Waals surface area contributed by atoms with Crippen LogP contribution in [0, 0.1) is 0 Å². The average molecular weight is 378 g/mol. The second kappa shape index (κ2) is 6.24. The lowest BCUT2D eigenvalue weighted by molar-refractivity contribution is 0.0542. The maximum Gasteiger partial charge on any atom is 0.315 e. The van der Waals surface area contributed by atoms with E-state index in [1.165, 1.54) is 18.4 Å². The molecule has 0 radical (unpaired) electrons. The van der Waals surface area contributed by atoms with E-state index >= 15 is 0 Å². The molecule has 2 aromatic rings. The molecule has 2 heterocycles. The zero-order valence-corrected chi connectivity index (χ0v) is 14.5. The standard InChI is InChI=1S/C17H20BrN3O2/c18-14-3-1-2-13(10-14)17(6-8-22-9-7-17)11-19-16-21-20-15(23-16)12-4-5-12/h1-3,10,12H,4-9,11H2,(H,19,21). The molecule has 0 unspecified atom stereocenters. The Hall–Kier alpha value is -1.40. The topological polar surface area (TPSA) is 60.2 Å². The Morgan fingerprint density at radius 2 is 2.04 bits per heavy atom. The van der Waals surface area contributed by atoms with E-state index in [2.05, 4.69) is 55.7 Å². The number of ether oxygens (including phenoxy) is 1. The van der Waals surface area contributed by atoms with Gasteiger partial charge in [0.1, 0.15) is 0 Å². The third-order valence-corrected chi connectivity index (χ3v) is 5.33. The van der Waals surface area contributed by atoms with Gasteiger partial charge in [0.15, 0.2) is 0 Å². The van der Waals surface area contributed by atoms with E-state index < -0.39 is 0 Å². The van der Waals surface area contributed by atoms with Crippen molar-refractivity contribution in [2.45, 2.75) is 37.0 Å². The van der Waals surface area contributed by atoms with Crippen LogP contribution in [0.15, 0.2) is 33.2 Å². The first-order chi connectivity index (χ1) is 11.3. The molecule has 0 bridgehead atoms. The van der Waals surface area contributed by atoms with Gasteiger partial charge in [-0.2, -0.15) is 0 Å². The summed E-state index contributed by atoms with van der Waals surface area (Å²) in [6.07, 6.45) is 4.31. The lowest BCUT2D eigenvalue weighted by Crippen LogP contribution is -2.40. The number of benzene rings is 1. The lowest BCUT2D eigenvalue weighted by Gasteiger charge is -2.37. The number of anilines is 1. The van der Waals surface area contributed by atoms with Crippen molar-refractivity contribution in [2.75, 3.05) is 25.1 Å². The molecule has 1 N–H and O–H groups in total. The first-order valence-corrected chi connectivity index (χ1v) is 8.96. The fourth-order valence-electron chi connectivity index (χ4n) is 3.19. The summed E-state index contributed by atoms with van der Waals surface area (Å²) in [7, 11) is 0. The molecule has 1 aliphatic heterocycles. The molecule has 2 fully saturated rings. The van der Waals surface area contributed by atoms with Gasteiger partial charge >= 0.3 is 6.01 Å². The molecule has 2 aliphatic rings. The van der Waals surface area contributed by atoms with Gasteiger partial charge in [-0.25, -0.2) is 0 Å². The average Bonchev–Trinajstić information content (AvgIpc) is 3.32. The van der Waals surface area contributed by atoms with Gasteiger partial charge in [0.2, 0.25) is 5.89 Å². The normalized spacial score (nSPS) is 20.4. The second-order valence-electron chi connectivity index (χ2n) is 6.48. The van der Waals surface area contributed by atoms with Crippen LogP contribution >= 0.6 is 15.9 Å². The Bertz CT molecular complexity index is 678. The maximum atomic E-state index is 5.73. The van der Waals surface area contributed by atoms with E-state index in [-0.39, 0.29) is 5.41 Å². The number of rotatable bonds is 5. The molecular formula is C17H20BrN3O2. The van der Waals surface area contributed by atoms with E-state index in [4.69, 9.17) is 9.15 Å². The molecule has 1 aromatic carbocycles. The SMILES string of the molecule is Brc1cccc(C2(CNc3nnc(C4CC4)o3)CCOCC2)c1. The molecule has 6 heteroatoms. The first kappa shape index (κ1) is 15.1. The van der Waals surface area contributed by atoms with Gasteiger partial charge in [0.25, 0.3) is 0 Å². The Labute approximate surface area is 143 Å². The Morgan fingerprint density at radius 3 is 2.78 bits per heavy atom. The minimum atomic E-state index is 0.0379. The van der Waals surface area contributed by atoms with Gasteiger partial charge in [-0.1, -0.05) is 33.2 Å². The zero-order chi connectivity index (χ0) is 15.7. The van der Waals surface area contributed by atoms with Crippen LogP contribution in [0.5, 0.6) is 0 Å². The van der Waals surface area contributed by atoms with Crippen LogP contribution in [0.1, 0.15) is 43.1 Å². The Balaban J connectivity index is 1.53. The molecule has 0 amide bonds. The third-order valence-electron chi connectivity index (χ3n) is 4.83. The van der Waals surface area contributed by atoms with Gasteiger partial charge in [-0.05, 0) is 43.4 Å². The van der Waals surface area contributed by atoms with Crippen LogP contribution < -0.4 is 5.32 Å². The predicted octanol–water partition coefficient (Wildman–Crippen LogP) is 3.87. The lowest BCUT2D eigenvalue weighted by atomic mass is 9.74. The van der Waals surface area contributed by atoms with Crippen molar-refractivity contribution >= 4 is 21.9 Å². The molecule has 4 rings (SSSR count). The highest BCUT2D eigenvalue weighted by atomic mass is 79.9. The van der Waals surface area contributed by atoms with Gasteiger partial charge in [-0.3, -0.25) is 0 Å². The summed E-state index contributed by atoms with van der Waals surface area (Å²) in [6.45, 7) is 2.34. The van der Waals surface area contributed by atoms with Crippen molar-refractivity contribution in [3.63, 3.8) is 0 Å². The van der Waals surface area contributed by atoms with E-state index in [1.54, 1.807) is 0 Å². The van der Waals surface area contributed by atoms with Crippen LogP contribution in [-0.4, -0.2) is 30.0 Å². The fraction of sp³-hybridized carbons (Fsp3) is 0.529. The summed E-state index contributed by atoms with van der Waals surface area (Å²) in [6, 6.07) is 9.09. The molecule has 0 spiro atoms.